The van der Waals surface area contributed by atoms with Crippen LogP contribution < -0.4 is 4.74 Å². The van der Waals surface area contributed by atoms with Gasteiger partial charge in [0.1, 0.15) is 5.75 Å². The number of allylic oxidation sites excluding steroid dienone is 1. The number of aromatic nitrogens is 2. The van der Waals surface area contributed by atoms with Crippen LogP contribution in [0.15, 0.2) is 46.7 Å². The maximum atomic E-state index is 13.3. The highest BCUT2D eigenvalue weighted by molar-refractivity contribution is 6.32. The summed E-state index contributed by atoms with van der Waals surface area (Å²) < 4.78 is 6.89. The average molecular weight is 443 g/mol. The lowest BCUT2D eigenvalue weighted by molar-refractivity contribution is -0.136. The first-order valence-electron chi connectivity index (χ1n) is 9.56. The number of methoxy groups -OCH3 is 1. The molecule has 1 aliphatic rings. The number of hydrogen-bond acceptors (Lipinski definition) is 5. The summed E-state index contributed by atoms with van der Waals surface area (Å²) in [6, 6.07) is 5.31. The molecule has 0 unspecified atom stereocenters. The second-order valence-corrected chi connectivity index (χ2v) is 7.55. The number of nitrogens with zero attached hydrogens (tertiary/aromatic N) is 4. The van der Waals surface area contributed by atoms with E-state index in [9.17, 15) is 9.59 Å². The molecule has 0 atom stereocenters. The van der Waals surface area contributed by atoms with Crippen molar-refractivity contribution in [3.63, 3.8) is 0 Å². The van der Waals surface area contributed by atoms with Crippen LogP contribution >= 0.6 is 11.6 Å². The van der Waals surface area contributed by atoms with E-state index in [2.05, 4.69) is 16.8 Å². The Morgan fingerprint density at radius 2 is 2.19 bits per heavy atom. The first-order chi connectivity index (χ1) is 14.8. The molecule has 1 aliphatic heterocycles. The van der Waals surface area contributed by atoms with E-state index in [4.69, 9.17) is 21.4 Å². The van der Waals surface area contributed by atoms with Gasteiger partial charge in [-0.25, -0.2) is 4.68 Å². The number of carboxylic acids is 1. The van der Waals surface area contributed by atoms with Crippen molar-refractivity contribution in [1.82, 2.24) is 14.7 Å². The Labute approximate surface area is 185 Å². The second-order valence-electron chi connectivity index (χ2n) is 7.14. The van der Waals surface area contributed by atoms with Crippen molar-refractivity contribution >= 4 is 30.2 Å². The summed E-state index contributed by atoms with van der Waals surface area (Å²) in [4.78, 5) is 29.7. The van der Waals surface area contributed by atoms with Gasteiger partial charge in [-0.15, -0.1) is 0 Å². The molecule has 1 N–H and O–H groups in total. The third kappa shape index (κ3) is 4.54. The van der Waals surface area contributed by atoms with Crippen LogP contribution in [0.5, 0.6) is 5.75 Å². The van der Waals surface area contributed by atoms with Gasteiger partial charge in [0.05, 0.1) is 46.9 Å². The molecule has 9 heteroatoms. The molecule has 2 aromatic rings. The Kier molecular flexibility index (Phi) is 6.60. The van der Waals surface area contributed by atoms with Gasteiger partial charge < -0.3 is 14.7 Å². The van der Waals surface area contributed by atoms with E-state index < -0.39 is 5.97 Å². The van der Waals surface area contributed by atoms with E-state index >= 15 is 0 Å². The molecule has 0 saturated heterocycles. The number of carboxylic acid groups (broad SMARTS) is 1. The van der Waals surface area contributed by atoms with Crippen molar-refractivity contribution in [3.05, 3.63) is 63.7 Å². The van der Waals surface area contributed by atoms with Crippen LogP contribution in [0.2, 0.25) is 5.02 Å². The number of carbonyl (C=O) groups excluding carboxylic acids is 1. The van der Waals surface area contributed by atoms with Crippen LogP contribution in [0, 0.1) is 6.92 Å². The van der Waals surface area contributed by atoms with Crippen LogP contribution in [0.1, 0.15) is 35.1 Å². The van der Waals surface area contributed by atoms with E-state index in [0.717, 1.165) is 5.69 Å². The van der Waals surface area contributed by atoms with Crippen molar-refractivity contribution in [2.45, 2.75) is 26.7 Å². The Bertz CT molecular complexity index is 1120. The van der Waals surface area contributed by atoms with Crippen LogP contribution in [-0.4, -0.2) is 52.0 Å². The molecule has 0 radical (unpaired) electrons. The first kappa shape index (κ1) is 22.3. The summed E-state index contributed by atoms with van der Waals surface area (Å²) in [6.07, 6.45) is 3.52. The fourth-order valence-electron chi connectivity index (χ4n) is 3.57. The first-order valence-corrected chi connectivity index (χ1v) is 9.93. The number of fused-ring (bicyclic) bond motifs is 1. The molecule has 3 rings (SSSR count). The lowest BCUT2D eigenvalue weighted by Gasteiger charge is -2.27. The smallest absolute Gasteiger partial charge is 0.307 e. The van der Waals surface area contributed by atoms with E-state index in [1.807, 2.05) is 13.0 Å². The summed E-state index contributed by atoms with van der Waals surface area (Å²) in [7, 11) is 1.54. The van der Waals surface area contributed by atoms with Gasteiger partial charge in [-0.2, -0.15) is 5.10 Å². The Morgan fingerprint density at radius 1 is 1.45 bits per heavy atom. The molecule has 0 fully saturated rings. The van der Waals surface area contributed by atoms with E-state index in [1.54, 1.807) is 41.8 Å². The number of aliphatic carboxylic acids is 1. The summed E-state index contributed by atoms with van der Waals surface area (Å²) in [5, 5.41) is 14.1. The molecule has 1 aromatic carbocycles. The van der Waals surface area contributed by atoms with Crippen LogP contribution in [0.25, 0.3) is 5.69 Å². The average Bonchev–Trinajstić information content (AvgIpc) is 3.04. The minimum Gasteiger partial charge on any atom is -0.495 e. The van der Waals surface area contributed by atoms with Crippen molar-refractivity contribution in [2.75, 3.05) is 13.7 Å². The molecule has 0 saturated carbocycles. The largest absolute Gasteiger partial charge is 0.495 e. The zero-order chi connectivity index (χ0) is 22.7. The van der Waals surface area contributed by atoms with E-state index in [-0.39, 0.29) is 12.3 Å². The highest BCUT2D eigenvalue weighted by Gasteiger charge is 2.32. The number of rotatable bonds is 7. The van der Waals surface area contributed by atoms with Gasteiger partial charge in [0.2, 0.25) is 0 Å². The summed E-state index contributed by atoms with van der Waals surface area (Å²) >= 11 is 6.26. The summed E-state index contributed by atoms with van der Waals surface area (Å²) in [5.74, 6) is -0.612. The number of benzene rings is 1. The Morgan fingerprint density at radius 3 is 2.81 bits per heavy atom. The second kappa shape index (κ2) is 9.18. The third-order valence-electron chi connectivity index (χ3n) is 4.96. The van der Waals surface area contributed by atoms with E-state index in [0.29, 0.717) is 52.0 Å². The Hall–Kier alpha value is -3.39. The van der Waals surface area contributed by atoms with Gasteiger partial charge in [0, 0.05) is 19.2 Å². The minimum atomic E-state index is -0.942. The highest BCUT2D eigenvalue weighted by atomic mass is 35.5. The minimum absolute atomic E-state index is 0.128. The number of carbonyl (C=O) groups is 2. The number of ether oxygens (including phenoxy) is 1. The lowest BCUT2D eigenvalue weighted by Crippen LogP contribution is -2.36. The molecule has 0 aliphatic carbocycles. The van der Waals surface area contributed by atoms with Crippen molar-refractivity contribution in [1.29, 1.82) is 0 Å². The predicted octanol–water partition coefficient (Wildman–Crippen LogP) is 3.80. The third-order valence-corrected chi connectivity index (χ3v) is 5.25. The number of halogens is 1. The van der Waals surface area contributed by atoms with Gasteiger partial charge in [-0.05, 0) is 44.8 Å². The van der Waals surface area contributed by atoms with Crippen LogP contribution in [0.3, 0.4) is 0 Å². The fourth-order valence-corrected chi connectivity index (χ4v) is 3.82. The van der Waals surface area contributed by atoms with Crippen LogP contribution in [-0.2, 0) is 11.2 Å². The quantitative estimate of drug-likeness (QED) is 0.519. The topological polar surface area (TPSA) is 97.0 Å². The highest BCUT2D eigenvalue weighted by Crippen LogP contribution is 2.30. The summed E-state index contributed by atoms with van der Waals surface area (Å²) in [5.41, 5.74) is 3.70. The van der Waals surface area contributed by atoms with Crippen molar-refractivity contribution < 1.29 is 19.4 Å². The zero-order valence-corrected chi connectivity index (χ0v) is 18.3. The number of amides is 1. The molecule has 31 heavy (non-hydrogen) atoms. The molecule has 8 nitrogen and oxygen atoms in total. The monoisotopic (exact) mass is 442 g/mol. The van der Waals surface area contributed by atoms with Crippen molar-refractivity contribution in [2.24, 2.45) is 4.99 Å². The molecular formula is C22H23ClN4O4. The SMILES string of the molecule is C=N/C=C(\C=C(/C)CC(=O)O)N1CCc2nn(-c3ccc(OC)c(Cl)c3)c(C)c2C1=O. The van der Waals surface area contributed by atoms with E-state index in [1.165, 1.54) is 6.20 Å². The van der Waals surface area contributed by atoms with Gasteiger partial charge in [0.15, 0.2) is 0 Å². The molecular weight excluding hydrogens is 420 g/mol. The molecule has 1 amide bonds. The van der Waals surface area contributed by atoms with Gasteiger partial charge >= 0.3 is 5.97 Å². The molecule has 1 aromatic heterocycles. The lowest BCUT2D eigenvalue weighted by atomic mass is 10.0. The maximum absolute atomic E-state index is 13.3. The summed E-state index contributed by atoms with van der Waals surface area (Å²) in [6.45, 7) is 7.38. The van der Waals surface area contributed by atoms with Gasteiger partial charge in [0.25, 0.3) is 5.91 Å². The van der Waals surface area contributed by atoms with Crippen LogP contribution in [0.4, 0.5) is 0 Å². The molecule has 2 heterocycles. The molecule has 162 valence electrons. The maximum Gasteiger partial charge on any atom is 0.307 e. The molecule has 0 bridgehead atoms. The number of aliphatic imine (C=N–C) groups is 1. The van der Waals surface area contributed by atoms with Crippen molar-refractivity contribution in [3.8, 4) is 11.4 Å². The van der Waals surface area contributed by atoms with Gasteiger partial charge in [-0.3, -0.25) is 14.6 Å². The van der Waals surface area contributed by atoms with Gasteiger partial charge in [-0.1, -0.05) is 17.2 Å². The normalized spacial score (nSPS) is 14.5. The molecule has 0 spiro atoms. The fraction of sp³-hybridized carbons (Fsp3) is 0.273. The number of hydrogen-bond donors (Lipinski definition) is 1. The Balaban J connectivity index is 1.99. The standard InChI is InChI=1S/C22H23ClN4O4/c1-13(10-20(28)29)9-16(12-24-3)26-8-7-18-21(22(26)30)14(2)27(25-18)15-5-6-19(31-4)17(23)11-15/h5-6,9,11-12H,3,7-8,10H2,1-2,4H3,(H,28,29)/b13-9+,16-12+. The predicted molar refractivity (Wildman–Crippen MR) is 118 cm³/mol. The zero-order valence-electron chi connectivity index (χ0n) is 17.6.